The number of benzene rings is 1. The molecule has 4 heteroatoms. The van der Waals surface area contributed by atoms with E-state index in [1.165, 1.54) is 51.7 Å². The Balaban J connectivity index is 1.36. The molecule has 1 aliphatic rings. The summed E-state index contributed by atoms with van der Waals surface area (Å²) in [5, 5.41) is 4.10. The summed E-state index contributed by atoms with van der Waals surface area (Å²) in [6.45, 7) is 4.61. The summed E-state index contributed by atoms with van der Waals surface area (Å²) in [5.41, 5.74) is 1.88. The predicted octanol–water partition coefficient (Wildman–Crippen LogP) is 3.56. The SMILES string of the molecule is Cn1cc(C(=O)NCCCCCCN2CCCC2)c2ccccc21. The number of hydrogen-bond donors (Lipinski definition) is 1. The first-order chi connectivity index (χ1) is 11.8. The number of carbonyl (C=O) groups excluding carboxylic acids is 1. The zero-order chi connectivity index (χ0) is 16.8. The van der Waals surface area contributed by atoms with Gasteiger partial charge < -0.3 is 14.8 Å². The molecule has 3 rings (SSSR count). The Labute approximate surface area is 144 Å². The van der Waals surface area contributed by atoms with Crippen molar-refractivity contribution in [2.24, 2.45) is 7.05 Å². The van der Waals surface area contributed by atoms with E-state index in [-0.39, 0.29) is 5.91 Å². The van der Waals surface area contributed by atoms with E-state index in [9.17, 15) is 4.79 Å². The van der Waals surface area contributed by atoms with Crippen molar-refractivity contribution in [3.63, 3.8) is 0 Å². The maximum absolute atomic E-state index is 12.4. The molecule has 1 amide bonds. The molecule has 0 atom stereocenters. The fourth-order valence-electron chi connectivity index (χ4n) is 3.64. The number of aryl methyl sites for hydroxylation is 1. The van der Waals surface area contributed by atoms with Gasteiger partial charge in [0.1, 0.15) is 0 Å². The monoisotopic (exact) mass is 327 g/mol. The number of nitrogens with one attached hydrogen (secondary N) is 1. The summed E-state index contributed by atoms with van der Waals surface area (Å²) in [6.07, 6.45) is 9.49. The third-order valence-corrected chi connectivity index (χ3v) is 5.03. The summed E-state index contributed by atoms with van der Waals surface area (Å²) in [6, 6.07) is 8.06. The lowest BCUT2D eigenvalue weighted by molar-refractivity contribution is 0.0954. The lowest BCUT2D eigenvalue weighted by Crippen LogP contribution is -2.24. The van der Waals surface area contributed by atoms with Crippen LogP contribution in [-0.2, 0) is 7.05 Å². The summed E-state index contributed by atoms with van der Waals surface area (Å²) in [7, 11) is 1.99. The smallest absolute Gasteiger partial charge is 0.253 e. The maximum atomic E-state index is 12.4. The zero-order valence-electron chi connectivity index (χ0n) is 14.8. The molecule has 1 saturated heterocycles. The summed E-state index contributed by atoms with van der Waals surface area (Å²) < 4.78 is 2.02. The average molecular weight is 327 g/mol. The Morgan fingerprint density at radius 2 is 1.83 bits per heavy atom. The Hall–Kier alpha value is -1.81. The molecule has 4 nitrogen and oxygen atoms in total. The highest BCUT2D eigenvalue weighted by Gasteiger charge is 2.13. The van der Waals surface area contributed by atoms with E-state index in [2.05, 4.69) is 10.2 Å². The Morgan fingerprint density at radius 1 is 1.08 bits per heavy atom. The first-order valence-electron chi connectivity index (χ1n) is 9.30. The summed E-state index contributed by atoms with van der Waals surface area (Å²) in [4.78, 5) is 15.0. The van der Waals surface area contributed by atoms with E-state index in [0.717, 1.165) is 29.4 Å². The van der Waals surface area contributed by atoms with Gasteiger partial charge in [0, 0.05) is 30.7 Å². The minimum atomic E-state index is 0.0452. The Kier molecular flexibility index (Phi) is 5.91. The van der Waals surface area contributed by atoms with Crippen LogP contribution in [0.5, 0.6) is 0 Å². The Morgan fingerprint density at radius 3 is 2.67 bits per heavy atom. The second kappa shape index (κ2) is 8.34. The molecule has 0 bridgehead atoms. The minimum absolute atomic E-state index is 0.0452. The van der Waals surface area contributed by atoms with Crippen LogP contribution in [0.1, 0.15) is 48.9 Å². The van der Waals surface area contributed by atoms with Gasteiger partial charge in [-0.25, -0.2) is 0 Å². The lowest BCUT2D eigenvalue weighted by Gasteiger charge is -2.13. The van der Waals surface area contributed by atoms with E-state index in [1.807, 2.05) is 42.1 Å². The van der Waals surface area contributed by atoms with Crippen LogP contribution < -0.4 is 5.32 Å². The highest BCUT2D eigenvalue weighted by Crippen LogP contribution is 2.20. The molecule has 130 valence electrons. The molecular formula is C20H29N3O. The third kappa shape index (κ3) is 4.18. The highest BCUT2D eigenvalue weighted by atomic mass is 16.1. The molecule has 24 heavy (non-hydrogen) atoms. The van der Waals surface area contributed by atoms with Gasteiger partial charge in [-0.15, -0.1) is 0 Å². The number of fused-ring (bicyclic) bond motifs is 1. The van der Waals surface area contributed by atoms with Crippen molar-refractivity contribution in [1.82, 2.24) is 14.8 Å². The number of carbonyl (C=O) groups is 1. The van der Waals surface area contributed by atoms with Crippen LogP contribution in [-0.4, -0.2) is 41.6 Å². The summed E-state index contributed by atoms with van der Waals surface area (Å²) >= 11 is 0. The molecule has 0 saturated carbocycles. The second-order valence-electron chi connectivity index (χ2n) is 6.89. The first-order valence-corrected chi connectivity index (χ1v) is 9.30. The van der Waals surface area contributed by atoms with Gasteiger partial charge in [0.05, 0.1) is 5.56 Å². The molecule has 1 fully saturated rings. The molecule has 0 spiro atoms. The number of aromatic nitrogens is 1. The van der Waals surface area contributed by atoms with Gasteiger partial charge in [0.2, 0.25) is 0 Å². The van der Waals surface area contributed by atoms with Gasteiger partial charge in [0.25, 0.3) is 5.91 Å². The van der Waals surface area contributed by atoms with E-state index in [1.54, 1.807) is 0 Å². The minimum Gasteiger partial charge on any atom is -0.352 e. The van der Waals surface area contributed by atoms with Gasteiger partial charge in [-0.05, 0) is 51.4 Å². The molecule has 1 aromatic heterocycles. The second-order valence-corrected chi connectivity index (χ2v) is 6.89. The normalized spacial score (nSPS) is 15.2. The number of likely N-dealkylation sites (tertiary alicyclic amines) is 1. The van der Waals surface area contributed by atoms with Gasteiger partial charge >= 0.3 is 0 Å². The molecule has 2 aromatic rings. The van der Waals surface area contributed by atoms with Crippen LogP contribution >= 0.6 is 0 Å². The van der Waals surface area contributed by atoms with Crippen molar-refractivity contribution in [2.75, 3.05) is 26.2 Å². The van der Waals surface area contributed by atoms with E-state index in [4.69, 9.17) is 0 Å². The van der Waals surface area contributed by atoms with Crippen molar-refractivity contribution in [1.29, 1.82) is 0 Å². The number of hydrogen-bond acceptors (Lipinski definition) is 2. The van der Waals surface area contributed by atoms with Crippen LogP contribution in [0.25, 0.3) is 10.9 Å². The lowest BCUT2D eigenvalue weighted by atomic mass is 10.1. The van der Waals surface area contributed by atoms with Crippen molar-refractivity contribution >= 4 is 16.8 Å². The van der Waals surface area contributed by atoms with Crippen LogP contribution in [0, 0.1) is 0 Å². The topological polar surface area (TPSA) is 37.3 Å². The zero-order valence-corrected chi connectivity index (χ0v) is 14.8. The standard InChI is InChI=1S/C20H29N3O/c1-22-16-18(17-10-4-5-11-19(17)22)20(24)21-12-6-2-3-7-13-23-14-8-9-15-23/h4-5,10-11,16H,2-3,6-9,12-15H2,1H3,(H,21,24). The number of amides is 1. The van der Waals surface area contributed by atoms with Crippen LogP contribution in [0.4, 0.5) is 0 Å². The molecule has 1 aromatic carbocycles. The predicted molar refractivity (Wildman–Crippen MR) is 99.4 cm³/mol. The maximum Gasteiger partial charge on any atom is 0.253 e. The highest BCUT2D eigenvalue weighted by molar-refractivity contribution is 6.06. The molecule has 1 aliphatic heterocycles. The largest absolute Gasteiger partial charge is 0.352 e. The number of rotatable bonds is 8. The van der Waals surface area contributed by atoms with E-state index >= 15 is 0 Å². The van der Waals surface area contributed by atoms with Gasteiger partial charge in [0.15, 0.2) is 0 Å². The number of unbranched alkanes of at least 4 members (excludes halogenated alkanes) is 3. The number of nitrogens with zero attached hydrogens (tertiary/aromatic N) is 2. The van der Waals surface area contributed by atoms with Crippen molar-refractivity contribution < 1.29 is 4.79 Å². The third-order valence-electron chi connectivity index (χ3n) is 5.03. The average Bonchev–Trinajstić information content (AvgIpc) is 3.22. The molecule has 1 N–H and O–H groups in total. The van der Waals surface area contributed by atoms with E-state index in [0.29, 0.717) is 0 Å². The molecule has 2 heterocycles. The van der Waals surface area contributed by atoms with Crippen LogP contribution in [0.2, 0.25) is 0 Å². The van der Waals surface area contributed by atoms with E-state index < -0.39 is 0 Å². The quantitative estimate of drug-likeness (QED) is 0.753. The summed E-state index contributed by atoms with van der Waals surface area (Å²) in [5.74, 6) is 0.0452. The molecule has 0 aliphatic carbocycles. The van der Waals surface area contributed by atoms with Crippen molar-refractivity contribution in [3.8, 4) is 0 Å². The van der Waals surface area contributed by atoms with Crippen molar-refractivity contribution in [3.05, 3.63) is 36.0 Å². The van der Waals surface area contributed by atoms with Gasteiger partial charge in [-0.2, -0.15) is 0 Å². The van der Waals surface area contributed by atoms with Gasteiger partial charge in [-0.1, -0.05) is 31.0 Å². The molecule has 0 radical (unpaired) electrons. The van der Waals surface area contributed by atoms with Gasteiger partial charge in [-0.3, -0.25) is 4.79 Å². The molecule has 0 unspecified atom stereocenters. The van der Waals surface area contributed by atoms with Crippen LogP contribution in [0.3, 0.4) is 0 Å². The van der Waals surface area contributed by atoms with Crippen molar-refractivity contribution in [2.45, 2.75) is 38.5 Å². The fraction of sp³-hybridized carbons (Fsp3) is 0.550. The van der Waals surface area contributed by atoms with Crippen LogP contribution in [0.15, 0.2) is 30.5 Å². The fourth-order valence-corrected chi connectivity index (χ4v) is 3.64. The number of para-hydroxylation sites is 1. The Bertz CT molecular complexity index is 671. The first kappa shape index (κ1) is 17.0. The molecular weight excluding hydrogens is 298 g/mol.